The molecule has 1 aromatic rings. The summed E-state index contributed by atoms with van der Waals surface area (Å²) in [6, 6.07) is 6.81. The van der Waals surface area contributed by atoms with Crippen molar-refractivity contribution in [3.8, 4) is 5.75 Å². The molecule has 26 heavy (non-hydrogen) atoms. The van der Waals surface area contributed by atoms with E-state index in [9.17, 15) is 9.59 Å². The van der Waals surface area contributed by atoms with Gasteiger partial charge in [0.25, 0.3) is 11.8 Å². The van der Waals surface area contributed by atoms with Gasteiger partial charge in [-0.1, -0.05) is 26.2 Å². The first-order valence-corrected chi connectivity index (χ1v) is 9.18. The van der Waals surface area contributed by atoms with E-state index in [2.05, 4.69) is 23.1 Å². The summed E-state index contributed by atoms with van der Waals surface area (Å²) in [5, 5.41) is 2.47. The molecule has 0 fully saturated rings. The van der Waals surface area contributed by atoms with Crippen molar-refractivity contribution in [1.29, 1.82) is 0 Å². The van der Waals surface area contributed by atoms with E-state index in [0.717, 1.165) is 18.6 Å². The summed E-state index contributed by atoms with van der Waals surface area (Å²) in [7, 11) is 0. The third-order valence-corrected chi connectivity index (χ3v) is 3.57. The topological polar surface area (TPSA) is 88.7 Å². The molecule has 1 aromatic carbocycles. The summed E-state index contributed by atoms with van der Waals surface area (Å²) >= 11 is 4.96. The number of hydrazine groups is 1. The van der Waals surface area contributed by atoms with Crippen LogP contribution in [0.1, 0.15) is 49.9 Å². The van der Waals surface area contributed by atoms with Crippen molar-refractivity contribution >= 4 is 29.1 Å². The molecular formula is C18H27N3O4S. The van der Waals surface area contributed by atoms with E-state index in [1.807, 2.05) is 0 Å². The Hall–Kier alpha value is -2.19. The van der Waals surface area contributed by atoms with Gasteiger partial charge in [0.2, 0.25) is 0 Å². The molecule has 3 N–H and O–H groups in total. The number of thiocarbonyl (C=S) groups is 1. The molecule has 0 radical (unpaired) electrons. The molecule has 0 aliphatic rings. The summed E-state index contributed by atoms with van der Waals surface area (Å²) in [4.78, 5) is 23.5. The van der Waals surface area contributed by atoms with Gasteiger partial charge in [-0.2, -0.15) is 0 Å². The molecule has 2 amide bonds. The molecule has 0 aliphatic carbocycles. The van der Waals surface area contributed by atoms with Crippen LogP contribution in [-0.2, 0) is 9.53 Å². The normalized spacial score (nSPS) is 10.1. The van der Waals surface area contributed by atoms with Crippen molar-refractivity contribution in [3.63, 3.8) is 0 Å². The van der Waals surface area contributed by atoms with Crippen molar-refractivity contribution in [2.24, 2.45) is 0 Å². The zero-order valence-electron chi connectivity index (χ0n) is 15.3. The molecule has 0 bridgehead atoms. The number of unbranched alkanes of at least 4 members (excludes halogenated alkanes) is 3. The van der Waals surface area contributed by atoms with Gasteiger partial charge in [-0.3, -0.25) is 25.8 Å². The van der Waals surface area contributed by atoms with Gasteiger partial charge in [0.05, 0.1) is 6.61 Å². The first kappa shape index (κ1) is 21.9. The van der Waals surface area contributed by atoms with E-state index >= 15 is 0 Å². The third-order valence-electron chi connectivity index (χ3n) is 3.36. The minimum atomic E-state index is -0.385. The Bertz CT molecular complexity index is 578. The van der Waals surface area contributed by atoms with E-state index in [1.165, 1.54) is 12.8 Å². The summed E-state index contributed by atoms with van der Waals surface area (Å²) in [5.41, 5.74) is 5.21. The second-order valence-electron chi connectivity index (χ2n) is 5.53. The Kier molecular flexibility index (Phi) is 11.0. The third kappa shape index (κ3) is 9.33. The van der Waals surface area contributed by atoms with Crippen LogP contribution in [0.4, 0.5) is 0 Å². The Morgan fingerprint density at radius 1 is 1.04 bits per heavy atom. The van der Waals surface area contributed by atoms with Crippen LogP contribution in [-0.4, -0.2) is 36.7 Å². The van der Waals surface area contributed by atoms with Gasteiger partial charge in [-0.15, -0.1) is 0 Å². The van der Waals surface area contributed by atoms with Crippen LogP contribution in [0.15, 0.2) is 24.3 Å². The molecular weight excluding hydrogens is 354 g/mol. The van der Waals surface area contributed by atoms with Crippen molar-refractivity contribution in [2.75, 3.05) is 19.8 Å². The van der Waals surface area contributed by atoms with Crippen molar-refractivity contribution in [3.05, 3.63) is 29.8 Å². The highest BCUT2D eigenvalue weighted by molar-refractivity contribution is 7.80. The fourth-order valence-corrected chi connectivity index (χ4v) is 2.13. The van der Waals surface area contributed by atoms with Crippen molar-refractivity contribution < 1.29 is 19.1 Å². The van der Waals surface area contributed by atoms with Crippen LogP contribution in [0.25, 0.3) is 0 Å². The maximum absolute atomic E-state index is 12.1. The first-order chi connectivity index (χ1) is 12.6. The van der Waals surface area contributed by atoms with Crippen LogP contribution in [0.3, 0.4) is 0 Å². The molecule has 0 saturated heterocycles. The van der Waals surface area contributed by atoms with Crippen LogP contribution >= 0.6 is 12.2 Å². The number of nitrogens with one attached hydrogen (secondary N) is 3. The summed E-state index contributed by atoms with van der Waals surface area (Å²) in [5.74, 6) is -0.0399. The number of amides is 2. The van der Waals surface area contributed by atoms with Gasteiger partial charge < -0.3 is 9.47 Å². The Morgan fingerprint density at radius 3 is 2.42 bits per heavy atom. The van der Waals surface area contributed by atoms with E-state index in [-0.39, 0.29) is 23.5 Å². The zero-order chi connectivity index (χ0) is 19.2. The first-order valence-electron chi connectivity index (χ1n) is 8.77. The highest BCUT2D eigenvalue weighted by atomic mass is 32.1. The van der Waals surface area contributed by atoms with E-state index in [0.29, 0.717) is 18.8 Å². The standard InChI is InChI=1S/C18H27N3O4S/c1-3-5-6-7-12-25-15-10-8-14(9-11-15)17(23)19-18(26)21-20-16(22)13-24-4-2/h8-11H,3-7,12-13H2,1-2H3,(H,20,22)(H2,19,21,23,26). The second-order valence-corrected chi connectivity index (χ2v) is 5.94. The zero-order valence-corrected chi connectivity index (χ0v) is 16.1. The van der Waals surface area contributed by atoms with Crippen molar-refractivity contribution in [1.82, 2.24) is 16.2 Å². The molecule has 7 nitrogen and oxygen atoms in total. The lowest BCUT2D eigenvalue weighted by molar-refractivity contribution is -0.126. The minimum Gasteiger partial charge on any atom is -0.494 e. The largest absolute Gasteiger partial charge is 0.494 e. The molecule has 8 heteroatoms. The minimum absolute atomic E-state index is 0.00361. The maximum Gasteiger partial charge on any atom is 0.264 e. The fourth-order valence-electron chi connectivity index (χ4n) is 1.99. The maximum atomic E-state index is 12.1. The number of rotatable bonds is 10. The van der Waals surface area contributed by atoms with Gasteiger partial charge in [-0.25, -0.2) is 0 Å². The number of ether oxygens (including phenoxy) is 2. The molecule has 0 saturated carbocycles. The number of benzene rings is 1. The predicted molar refractivity (Wildman–Crippen MR) is 104 cm³/mol. The lowest BCUT2D eigenvalue weighted by Gasteiger charge is -2.11. The Balaban J connectivity index is 2.33. The second kappa shape index (κ2) is 13.1. The van der Waals surface area contributed by atoms with E-state index < -0.39 is 0 Å². The molecule has 0 atom stereocenters. The number of carbonyl (C=O) groups is 2. The average Bonchev–Trinajstić information content (AvgIpc) is 2.65. The van der Waals surface area contributed by atoms with Gasteiger partial charge in [0, 0.05) is 12.2 Å². The Labute approximate surface area is 159 Å². The number of carbonyl (C=O) groups excluding carboxylic acids is 2. The van der Waals surface area contributed by atoms with Crippen LogP contribution in [0.5, 0.6) is 5.75 Å². The average molecular weight is 381 g/mol. The van der Waals surface area contributed by atoms with Crippen LogP contribution in [0, 0.1) is 0 Å². The smallest absolute Gasteiger partial charge is 0.264 e. The Morgan fingerprint density at radius 2 is 1.77 bits per heavy atom. The SMILES string of the molecule is CCCCCCOc1ccc(C(=O)NC(=S)NNC(=O)COCC)cc1. The monoisotopic (exact) mass is 381 g/mol. The lowest BCUT2D eigenvalue weighted by atomic mass is 10.2. The molecule has 0 unspecified atom stereocenters. The molecule has 0 heterocycles. The van der Waals surface area contributed by atoms with Gasteiger partial charge in [0.1, 0.15) is 12.4 Å². The van der Waals surface area contributed by atoms with Gasteiger partial charge in [0.15, 0.2) is 5.11 Å². The highest BCUT2D eigenvalue weighted by Crippen LogP contribution is 2.13. The van der Waals surface area contributed by atoms with E-state index in [1.54, 1.807) is 31.2 Å². The van der Waals surface area contributed by atoms with E-state index in [4.69, 9.17) is 21.7 Å². The summed E-state index contributed by atoms with van der Waals surface area (Å²) in [6.07, 6.45) is 4.58. The molecule has 0 aliphatic heterocycles. The molecule has 144 valence electrons. The summed E-state index contributed by atoms with van der Waals surface area (Å²) < 4.78 is 10.6. The molecule has 0 spiro atoms. The molecule has 0 aromatic heterocycles. The van der Waals surface area contributed by atoms with Crippen LogP contribution < -0.4 is 20.9 Å². The van der Waals surface area contributed by atoms with Gasteiger partial charge in [-0.05, 0) is 49.8 Å². The van der Waals surface area contributed by atoms with Crippen molar-refractivity contribution in [2.45, 2.75) is 39.5 Å². The highest BCUT2D eigenvalue weighted by Gasteiger charge is 2.09. The number of hydrogen-bond acceptors (Lipinski definition) is 5. The quantitative estimate of drug-likeness (QED) is 0.327. The molecule has 1 rings (SSSR count). The fraction of sp³-hybridized carbons (Fsp3) is 0.500. The number of hydrogen-bond donors (Lipinski definition) is 3. The lowest BCUT2D eigenvalue weighted by Crippen LogP contribution is -2.49. The van der Waals surface area contributed by atoms with Crippen LogP contribution in [0.2, 0.25) is 0 Å². The van der Waals surface area contributed by atoms with Gasteiger partial charge >= 0.3 is 0 Å². The predicted octanol–water partition coefficient (Wildman–Crippen LogP) is 2.32. The summed E-state index contributed by atoms with van der Waals surface area (Å²) in [6.45, 7) is 4.98.